The smallest absolute Gasteiger partial charge is 0.303 e. The normalized spacial score (nSPS) is 10.6. The molecule has 116 valence electrons. The summed E-state index contributed by atoms with van der Waals surface area (Å²) < 4.78 is 0. The Labute approximate surface area is 122 Å². The summed E-state index contributed by atoms with van der Waals surface area (Å²) in [5.41, 5.74) is -0.253. The van der Waals surface area contributed by atoms with E-state index in [1.807, 2.05) is 30.3 Å². The van der Waals surface area contributed by atoms with Crippen LogP contribution in [0.1, 0.15) is 53.5 Å². The van der Waals surface area contributed by atoms with Gasteiger partial charge >= 0.3 is 5.97 Å². The number of hydrogen-bond donors (Lipinski definition) is 3. The SMILES string of the molecule is CC(C)(C)O.CC(C)(O)c1ccccc1.CCC(=O)O. The topological polar surface area (TPSA) is 77.8 Å². The Morgan fingerprint density at radius 1 is 1.00 bits per heavy atom. The summed E-state index contributed by atoms with van der Waals surface area (Å²) >= 11 is 0. The van der Waals surface area contributed by atoms with Gasteiger partial charge in [0.2, 0.25) is 0 Å². The number of benzene rings is 1. The highest BCUT2D eigenvalue weighted by molar-refractivity contribution is 5.66. The van der Waals surface area contributed by atoms with E-state index in [2.05, 4.69) is 0 Å². The summed E-state index contributed by atoms with van der Waals surface area (Å²) in [5.74, 6) is -0.745. The van der Waals surface area contributed by atoms with E-state index in [0.717, 1.165) is 5.56 Å². The second-order valence-electron chi connectivity index (χ2n) is 5.84. The third-order valence-electron chi connectivity index (χ3n) is 1.78. The summed E-state index contributed by atoms with van der Waals surface area (Å²) in [4.78, 5) is 9.37. The van der Waals surface area contributed by atoms with E-state index in [1.165, 1.54) is 0 Å². The molecule has 20 heavy (non-hydrogen) atoms. The molecule has 3 N–H and O–H groups in total. The number of rotatable bonds is 2. The molecular formula is C16H28O4. The molecule has 0 radical (unpaired) electrons. The molecular weight excluding hydrogens is 256 g/mol. The lowest BCUT2D eigenvalue weighted by Gasteiger charge is -2.16. The minimum absolute atomic E-state index is 0.222. The maximum Gasteiger partial charge on any atom is 0.303 e. The molecule has 1 rings (SSSR count). The monoisotopic (exact) mass is 284 g/mol. The van der Waals surface area contributed by atoms with Gasteiger partial charge in [-0.15, -0.1) is 0 Å². The van der Waals surface area contributed by atoms with Crippen LogP contribution < -0.4 is 0 Å². The van der Waals surface area contributed by atoms with Gasteiger partial charge in [0.05, 0.1) is 11.2 Å². The average molecular weight is 284 g/mol. The lowest BCUT2D eigenvalue weighted by molar-refractivity contribution is -0.136. The highest BCUT2D eigenvalue weighted by Crippen LogP contribution is 2.17. The first-order valence-corrected chi connectivity index (χ1v) is 6.60. The summed E-state index contributed by atoms with van der Waals surface area (Å²) in [6.45, 7) is 10.4. The first kappa shape index (κ1) is 20.9. The Morgan fingerprint density at radius 2 is 1.30 bits per heavy atom. The van der Waals surface area contributed by atoms with Crippen LogP contribution in [0.4, 0.5) is 0 Å². The summed E-state index contributed by atoms with van der Waals surface area (Å²) in [5, 5.41) is 25.7. The summed E-state index contributed by atoms with van der Waals surface area (Å²) in [6.07, 6.45) is 0.222. The molecule has 0 aliphatic carbocycles. The van der Waals surface area contributed by atoms with E-state index in [0.29, 0.717) is 0 Å². The number of hydrogen-bond acceptors (Lipinski definition) is 3. The maximum atomic E-state index is 9.49. The van der Waals surface area contributed by atoms with E-state index >= 15 is 0 Å². The lowest BCUT2D eigenvalue weighted by Crippen LogP contribution is -2.14. The molecule has 0 aliphatic heterocycles. The van der Waals surface area contributed by atoms with Crippen molar-refractivity contribution in [2.75, 3.05) is 0 Å². The zero-order chi connectivity index (χ0) is 16.4. The molecule has 1 aromatic carbocycles. The lowest BCUT2D eigenvalue weighted by atomic mass is 9.99. The molecule has 0 spiro atoms. The van der Waals surface area contributed by atoms with Crippen molar-refractivity contribution in [3.63, 3.8) is 0 Å². The minimum Gasteiger partial charge on any atom is -0.481 e. The molecule has 0 heterocycles. The predicted octanol–water partition coefficient (Wildman–Crippen LogP) is 3.17. The Balaban J connectivity index is 0. The molecule has 4 nitrogen and oxygen atoms in total. The van der Waals surface area contributed by atoms with Crippen molar-refractivity contribution in [1.82, 2.24) is 0 Å². The van der Waals surface area contributed by atoms with Gasteiger partial charge in [0, 0.05) is 6.42 Å². The van der Waals surface area contributed by atoms with Crippen LogP contribution in [0.2, 0.25) is 0 Å². The van der Waals surface area contributed by atoms with Crippen molar-refractivity contribution >= 4 is 5.97 Å². The fourth-order valence-electron chi connectivity index (χ4n) is 0.846. The molecule has 1 aromatic rings. The Kier molecular flexibility index (Phi) is 9.94. The van der Waals surface area contributed by atoms with Gasteiger partial charge in [-0.2, -0.15) is 0 Å². The molecule has 0 unspecified atom stereocenters. The number of carbonyl (C=O) groups is 1. The van der Waals surface area contributed by atoms with Crippen LogP contribution in [0.25, 0.3) is 0 Å². The molecule has 0 atom stereocenters. The molecule has 0 saturated carbocycles. The van der Waals surface area contributed by atoms with Gasteiger partial charge in [0.1, 0.15) is 0 Å². The van der Waals surface area contributed by atoms with Crippen LogP contribution >= 0.6 is 0 Å². The fourth-order valence-corrected chi connectivity index (χ4v) is 0.846. The van der Waals surface area contributed by atoms with E-state index < -0.39 is 17.2 Å². The standard InChI is InChI=1S/C9H12O.C4H10O.C3H6O2/c1-9(2,10)8-6-4-3-5-7-8;1-4(2,3)5;1-2-3(4)5/h3-7,10H,1-2H3;5H,1-3H3;2H2,1H3,(H,4,5). The molecule has 4 heteroatoms. The maximum absolute atomic E-state index is 9.49. The summed E-state index contributed by atoms with van der Waals surface area (Å²) in [6, 6.07) is 9.62. The van der Waals surface area contributed by atoms with Gasteiger partial charge < -0.3 is 15.3 Å². The Morgan fingerprint density at radius 3 is 1.45 bits per heavy atom. The second-order valence-corrected chi connectivity index (χ2v) is 5.84. The molecule has 0 fully saturated rings. The zero-order valence-electron chi connectivity index (χ0n) is 13.3. The highest BCUT2D eigenvalue weighted by Gasteiger charge is 2.13. The van der Waals surface area contributed by atoms with Gasteiger partial charge in [-0.25, -0.2) is 0 Å². The van der Waals surface area contributed by atoms with Crippen LogP contribution in [0, 0.1) is 0 Å². The number of carboxylic acid groups (broad SMARTS) is 1. The van der Waals surface area contributed by atoms with Crippen molar-refractivity contribution in [2.24, 2.45) is 0 Å². The number of aliphatic carboxylic acids is 1. The van der Waals surface area contributed by atoms with Crippen LogP contribution in [0.5, 0.6) is 0 Å². The van der Waals surface area contributed by atoms with E-state index in [4.69, 9.17) is 10.2 Å². The quantitative estimate of drug-likeness (QED) is 0.779. The van der Waals surface area contributed by atoms with Gasteiger partial charge in [-0.1, -0.05) is 37.3 Å². The predicted molar refractivity (Wildman–Crippen MR) is 81.6 cm³/mol. The van der Waals surface area contributed by atoms with Crippen LogP contribution in [-0.2, 0) is 10.4 Å². The van der Waals surface area contributed by atoms with E-state index in [1.54, 1.807) is 41.5 Å². The third-order valence-corrected chi connectivity index (χ3v) is 1.78. The molecule has 0 amide bonds. The van der Waals surface area contributed by atoms with Gasteiger partial charge in [-0.3, -0.25) is 4.79 Å². The molecule has 0 aromatic heterocycles. The first-order chi connectivity index (χ1) is 8.88. The molecule has 0 saturated heterocycles. The first-order valence-electron chi connectivity index (χ1n) is 6.60. The number of aliphatic hydroxyl groups is 2. The second kappa shape index (κ2) is 9.50. The number of carboxylic acids is 1. The summed E-state index contributed by atoms with van der Waals surface area (Å²) in [7, 11) is 0. The van der Waals surface area contributed by atoms with Crippen molar-refractivity contribution in [1.29, 1.82) is 0 Å². The average Bonchev–Trinajstić information content (AvgIpc) is 2.27. The Hall–Kier alpha value is -1.39. The van der Waals surface area contributed by atoms with Gasteiger partial charge in [-0.05, 0) is 40.2 Å². The van der Waals surface area contributed by atoms with Crippen molar-refractivity contribution in [3.8, 4) is 0 Å². The van der Waals surface area contributed by atoms with E-state index in [9.17, 15) is 9.90 Å². The van der Waals surface area contributed by atoms with Crippen molar-refractivity contribution in [3.05, 3.63) is 35.9 Å². The van der Waals surface area contributed by atoms with Crippen LogP contribution in [0.15, 0.2) is 30.3 Å². The largest absolute Gasteiger partial charge is 0.481 e. The molecule has 0 bridgehead atoms. The van der Waals surface area contributed by atoms with Gasteiger partial charge in [0.15, 0.2) is 0 Å². The zero-order valence-corrected chi connectivity index (χ0v) is 13.3. The third kappa shape index (κ3) is 19.0. The fraction of sp³-hybridized carbons (Fsp3) is 0.562. The van der Waals surface area contributed by atoms with Crippen molar-refractivity contribution < 1.29 is 20.1 Å². The van der Waals surface area contributed by atoms with E-state index in [-0.39, 0.29) is 6.42 Å². The van der Waals surface area contributed by atoms with Crippen molar-refractivity contribution in [2.45, 2.75) is 59.2 Å². The molecule has 0 aliphatic rings. The highest BCUT2D eigenvalue weighted by atomic mass is 16.4. The van der Waals surface area contributed by atoms with Crippen LogP contribution in [0.3, 0.4) is 0 Å². The van der Waals surface area contributed by atoms with Crippen LogP contribution in [-0.4, -0.2) is 26.9 Å². The van der Waals surface area contributed by atoms with Gasteiger partial charge in [0.25, 0.3) is 0 Å². The minimum atomic E-state index is -0.745. The Bertz CT molecular complexity index is 352.